The molecule has 10 N–H and O–H groups in total. The molecule has 18 heteroatoms. The second kappa shape index (κ2) is 19.4. The molecule has 0 saturated heterocycles. The number of aromatic carboxylic acids is 2. The second-order valence-corrected chi connectivity index (χ2v) is 10.9. The molecule has 0 bridgehead atoms. The topological polar surface area (TPSA) is 288 Å². The molecule has 0 unspecified atom stereocenters. The number of anilines is 2. The zero-order valence-electron chi connectivity index (χ0n) is 28.5. The summed E-state index contributed by atoms with van der Waals surface area (Å²) < 4.78 is 32.9. The Bertz CT molecular complexity index is 1840. The van der Waals surface area contributed by atoms with Gasteiger partial charge < -0.3 is 60.7 Å². The van der Waals surface area contributed by atoms with Gasteiger partial charge in [-0.1, -0.05) is 0 Å². The highest BCUT2D eigenvalue weighted by Gasteiger charge is 2.15. The van der Waals surface area contributed by atoms with Crippen molar-refractivity contribution in [1.82, 2.24) is 0 Å². The molecule has 18 nitrogen and oxygen atoms in total. The molecule has 0 aliphatic rings. The van der Waals surface area contributed by atoms with Gasteiger partial charge in [0.2, 0.25) is 0 Å². The normalized spacial score (nSPS) is 10.4. The average Bonchev–Trinajstić information content (AvgIpc) is 3.12. The number of ether oxygens (including phenoxy) is 6. The number of guanidine groups is 2. The lowest BCUT2D eigenvalue weighted by Gasteiger charge is -2.12. The first kappa shape index (κ1) is 39.6. The van der Waals surface area contributed by atoms with Crippen LogP contribution < -0.4 is 41.0 Å². The van der Waals surface area contributed by atoms with Gasteiger partial charge in [0.1, 0.15) is 36.2 Å². The first-order chi connectivity index (χ1) is 25.9. The van der Waals surface area contributed by atoms with Gasteiger partial charge in [0.25, 0.3) is 0 Å². The van der Waals surface area contributed by atoms with E-state index in [0.29, 0.717) is 11.4 Å². The zero-order chi connectivity index (χ0) is 39.0. The first-order valence-corrected chi connectivity index (χ1v) is 15.9. The lowest BCUT2D eigenvalue weighted by atomic mass is 10.2. The van der Waals surface area contributed by atoms with Crippen molar-refractivity contribution in [2.75, 3.05) is 50.3 Å². The van der Waals surface area contributed by atoms with Gasteiger partial charge in [0.15, 0.2) is 11.9 Å². The smallest absolute Gasteiger partial charge is 0.343 e. The molecule has 0 amide bonds. The number of benzene rings is 4. The third-order valence-electron chi connectivity index (χ3n) is 6.84. The summed E-state index contributed by atoms with van der Waals surface area (Å²) in [5.41, 5.74) is 11.6. The Morgan fingerprint density at radius 1 is 0.500 bits per heavy atom. The molecule has 54 heavy (non-hydrogen) atoms. The van der Waals surface area contributed by atoms with E-state index in [0.717, 1.165) is 0 Å². The molecule has 0 saturated carbocycles. The van der Waals surface area contributed by atoms with Crippen molar-refractivity contribution in [1.29, 1.82) is 10.8 Å². The van der Waals surface area contributed by atoms with Crippen molar-refractivity contribution in [2.45, 2.75) is 0 Å². The van der Waals surface area contributed by atoms with Gasteiger partial charge >= 0.3 is 23.9 Å². The van der Waals surface area contributed by atoms with Gasteiger partial charge in [0, 0.05) is 23.5 Å². The summed E-state index contributed by atoms with van der Waals surface area (Å²) in [5, 5.41) is 38.7. The monoisotopic (exact) mass is 744 g/mol. The largest absolute Gasteiger partial charge is 0.491 e. The van der Waals surface area contributed by atoms with Gasteiger partial charge in [0.05, 0.1) is 48.7 Å². The fourth-order valence-electron chi connectivity index (χ4n) is 4.46. The SMILES string of the molecule is N=C(N)Nc1ccc(C(=O)Oc2cc(OCCOCCOCCOc3cc(OC(=O)c4ccc(NC(=N)N)cc4)cc(C(=O)O)c3)cc(C(=O)O)c2)cc1. The summed E-state index contributed by atoms with van der Waals surface area (Å²) in [7, 11) is 0. The Balaban J connectivity index is 1.17. The molecule has 4 rings (SSSR count). The standard InChI is InChI=1S/C36H36N6O12/c37-35(38)41-25-5-1-21(2-6-25)33(47)53-29-17-23(31(43)44)15-27(19-29)51-13-11-49-9-10-50-12-14-52-28-16-24(32(45)46)18-30(20-28)54-34(48)22-3-7-26(8-4-22)42-36(39)40/h1-8,15-20H,9-14H2,(H,43,44)(H,45,46)(H4,37,38,41)(H4,39,40,42). The maximum Gasteiger partial charge on any atom is 0.343 e. The molecule has 0 atom stereocenters. The Labute approximate surface area is 307 Å². The highest BCUT2D eigenvalue weighted by atomic mass is 16.6. The van der Waals surface area contributed by atoms with Crippen LogP contribution in [0.15, 0.2) is 84.9 Å². The Hall–Kier alpha value is -7.18. The fraction of sp³-hybridized carbons (Fsp3) is 0.167. The van der Waals surface area contributed by atoms with Crippen LogP contribution in [0.3, 0.4) is 0 Å². The van der Waals surface area contributed by atoms with E-state index in [-0.39, 0.29) is 96.8 Å². The van der Waals surface area contributed by atoms with Crippen LogP contribution in [0, 0.1) is 10.8 Å². The number of nitrogens with one attached hydrogen (secondary N) is 4. The Morgan fingerprint density at radius 3 is 1.17 bits per heavy atom. The molecule has 0 radical (unpaired) electrons. The summed E-state index contributed by atoms with van der Waals surface area (Å²) in [6.07, 6.45) is 0. The quantitative estimate of drug-likeness (QED) is 0.0224. The fourth-order valence-corrected chi connectivity index (χ4v) is 4.46. The number of esters is 2. The van der Waals surface area contributed by atoms with Gasteiger partial charge in [-0.3, -0.25) is 10.8 Å². The van der Waals surface area contributed by atoms with Crippen LogP contribution in [0.5, 0.6) is 23.0 Å². The van der Waals surface area contributed by atoms with E-state index in [4.69, 9.17) is 50.7 Å². The average molecular weight is 745 g/mol. The van der Waals surface area contributed by atoms with Crippen LogP contribution in [0.4, 0.5) is 11.4 Å². The lowest BCUT2D eigenvalue weighted by Crippen LogP contribution is -2.20. The summed E-state index contributed by atoms with van der Waals surface area (Å²) in [5.74, 6) is -4.34. The van der Waals surface area contributed by atoms with E-state index in [1.165, 1.54) is 84.9 Å². The highest BCUT2D eigenvalue weighted by Crippen LogP contribution is 2.26. The number of carboxylic acid groups (broad SMARTS) is 2. The van der Waals surface area contributed by atoms with Crippen LogP contribution in [-0.2, 0) is 9.47 Å². The van der Waals surface area contributed by atoms with Gasteiger partial charge in [-0.25, -0.2) is 19.2 Å². The molecule has 0 fully saturated rings. The van der Waals surface area contributed by atoms with Crippen molar-refractivity contribution in [3.63, 3.8) is 0 Å². The number of carbonyl (C=O) groups is 4. The zero-order valence-corrected chi connectivity index (χ0v) is 28.5. The van der Waals surface area contributed by atoms with Gasteiger partial charge in [-0.05, 0) is 72.8 Å². The number of hydrogen-bond donors (Lipinski definition) is 8. The third-order valence-corrected chi connectivity index (χ3v) is 6.84. The Morgan fingerprint density at radius 2 is 0.833 bits per heavy atom. The molecule has 0 aliphatic carbocycles. The molecular formula is C36H36N6O12. The maximum absolute atomic E-state index is 12.6. The van der Waals surface area contributed by atoms with Crippen LogP contribution in [-0.4, -0.2) is 85.7 Å². The maximum atomic E-state index is 12.6. The predicted molar refractivity (Wildman–Crippen MR) is 193 cm³/mol. The minimum Gasteiger partial charge on any atom is -0.491 e. The second-order valence-electron chi connectivity index (χ2n) is 10.9. The number of hydrogen-bond acceptors (Lipinski definition) is 12. The van der Waals surface area contributed by atoms with Crippen LogP contribution >= 0.6 is 0 Å². The van der Waals surface area contributed by atoms with Crippen molar-refractivity contribution >= 4 is 47.2 Å². The van der Waals surface area contributed by atoms with E-state index in [9.17, 15) is 29.4 Å². The number of carbonyl (C=O) groups excluding carboxylic acids is 2. The van der Waals surface area contributed by atoms with E-state index in [2.05, 4.69) is 10.6 Å². The van der Waals surface area contributed by atoms with Crippen LogP contribution in [0.2, 0.25) is 0 Å². The summed E-state index contributed by atoms with van der Waals surface area (Å²) >= 11 is 0. The molecule has 0 aliphatic heterocycles. The van der Waals surface area contributed by atoms with Crippen molar-refractivity contribution in [3.05, 3.63) is 107 Å². The predicted octanol–water partition coefficient (Wildman–Crippen LogP) is 3.62. The molecule has 0 heterocycles. The number of carboxylic acids is 2. The van der Waals surface area contributed by atoms with Gasteiger partial charge in [-0.2, -0.15) is 0 Å². The molecule has 0 aromatic heterocycles. The van der Waals surface area contributed by atoms with E-state index >= 15 is 0 Å². The minimum absolute atomic E-state index is 0.0411. The summed E-state index contributed by atoms with van der Waals surface area (Å²) in [6.45, 7) is 0.690. The summed E-state index contributed by atoms with van der Waals surface area (Å²) in [4.78, 5) is 48.5. The molecule has 282 valence electrons. The molecule has 4 aromatic rings. The molecule has 4 aromatic carbocycles. The Kier molecular flexibility index (Phi) is 14.3. The lowest BCUT2D eigenvalue weighted by molar-refractivity contribution is 0.0273. The van der Waals surface area contributed by atoms with E-state index in [1.807, 2.05) is 0 Å². The van der Waals surface area contributed by atoms with Crippen molar-refractivity contribution < 1.29 is 57.8 Å². The third kappa shape index (κ3) is 12.9. The molecule has 0 spiro atoms. The van der Waals surface area contributed by atoms with E-state index in [1.54, 1.807) is 0 Å². The number of rotatable bonds is 19. The van der Waals surface area contributed by atoms with Crippen molar-refractivity contribution in [2.24, 2.45) is 11.5 Å². The minimum atomic E-state index is -1.25. The summed E-state index contributed by atoms with van der Waals surface area (Å²) in [6, 6.07) is 19.6. The van der Waals surface area contributed by atoms with E-state index < -0.39 is 23.9 Å². The van der Waals surface area contributed by atoms with Crippen LogP contribution in [0.1, 0.15) is 41.4 Å². The number of nitrogens with two attached hydrogens (primary N) is 2. The van der Waals surface area contributed by atoms with Crippen molar-refractivity contribution in [3.8, 4) is 23.0 Å². The molecular weight excluding hydrogens is 708 g/mol. The van der Waals surface area contributed by atoms with Crippen LogP contribution in [0.25, 0.3) is 0 Å². The first-order valence-electron chi connectivity index (χ1n) is 15.9. The highest BCUT2D eigenvalue weighted by molar-refractivity contribution is 5.95. The van der Waals surface area contributed by atoms with Gasteiger partial charge in [-0.15, -0.1) is 0 Å².